The Morgan fingerprint density at radius 3 is 2.46 bits per heavy atom. The number of carbonyl (C=O) groups excluding carboxylic acids is 1. The van der Waals surface area contributed by atoms with Crippen LogP contribution in [-0.2, 0) is 4.79 Å². The molecule has 0 saturated heterocycles. The van der Waals surface area contributed by atoms with E-state index in [1.165, 1.54) is 36.4 Å². The third-order valence-corrected chi connectivity index (χ3v) is 3.72. The molecule has 1 heterocycles. The zero-order chi connectivity index (χ0) is 18.7. The lowest BCUT2D eigenvalue weighted by molar-refractivity contribution is -0.139. The lowest BCUT2D eigenvalue weighted by Gasteiger charge is -2.14. The predicted octanol–water partition coefficient (Wildman–Crippen LogP) is 2.48. The normalized spacial score (nSPS) is 11.7. The number of amides is 1. The molecule has 8 heteroatoms. The van der Waals surface area contributed by atoms with Gasteiger partial charge in [-0.25, -0.2) is 9.18 Å². The highest BCUT2D eigenvalue weighted by Gasteiger charge is 2.26. The van der Waals surface area contributed by atoms with Gasteiger partial charge in [0.2, 0.25) is 0 Å². The zero-order valence-corrected chi connectivity index (χ0v) is 13.3. The molecule has 0 aliphatic carbocycles. The van der Waals surface area contributed by atoms with Gasteiger partial charge in [-0.1, -0.05) is 18.2 Å². The highest BCUT2D eigenvalue weighted by molar-refractivity contribution is 5.96. The number of rotatable bonds is 5. The van der Waals surface area contributed by atoms with E-state index in [9.17, 15) is 24.2 Å². The van der Waals surface area contributed by atoms with Gasteiger partial charge < -0.3 is 15.5 Å². The number of aromatic nitrogens is 2. The van der Waals surface area contributed by atoms with E-state index in [-0.39, 0.29) is 17.0 Å². The summed E-state index contributed by atoms with van der Waals surface area (Å²) in [5, 5.41) is 27.4. The summed E-state index contributed by atoms with van der Waals surface area (Å²) in [7, 11) is 0. The van der Waals surface area contributed by atoms with Gasteiger partial charge in [-0.05, 0) is 36.4 Å². The number of aromatic amines is 1. The van der Waals surface area contributed by atoms with Gasteiger partial charge in [0.15, 0.2) is 6.04 Å². The van der Waals surface area contributed by atoms with Gasteiger partial charge in [0.05, 0.1) is 5.69 Å². The van der Waals surface area contributed by atoms with Crippen molar-refractivity contribution in [3.05, 3.63) is 71.7 Å². The van der Waals surface area contributed by atoms with Gasteiger partial charge in [0.25, 0.3) is 5.91 Å². The van der Waals surface area contributed by atoms with E-state index in [1.807, 2.05) is 0 Å². The molecule has 1 atom stereocenters. The smallest absolute Gasteiger partial charge is 0.331 e. The van der Waals surface area contributed by atoms with Gasteiger partial charge in [-0.15, -0.1) is 0 Å². The van der Waals surface area contributed by atoms with Crippen LogP contribution < -0.4 is 5.32 Å². The van der Waals surface area contributed by atoms with Crippen LogP contribution in [-0.4, -0.2) is 32.3 Å². The number of H-pyrrole nitrogens is 1. The number of carbonyl (C=O) groups is 2. The van der Waals surface area contributed by atoms with E-state index in [2.05, 4.69) is 15.5 Å². The fourth-order valence-corrected chi connectivity index (χ4v) is 2.41. The van der Waals surface area contributed by atoms with Crippen molar-refractivity contribution in [1.29, 1.82) is 0 Å². The number of hydrogen-bond donors (Lipinski definition) is 4. The fourth-order valence-electron chi connectivity index (χ4n) is 2.41. The van der Waals surface area contributed by atoms with Crippen LogP contribution in [0.15, 0.2) is 54.6 Å². The molecule has 7 nitrogen and oxygen atoms in total. The molecule has 2 aromatic carbocycles. The first-order valence-corrected chi connectivity index (χ1v) is 7.58. The van der Waals surface area contributed by atoms with E-state index in [0.717, 1.165) is 6.07 Å². The number of phenolic OH excluding ortho intramolecular Hbond substituents is 1. The molecule has 0 bridgehead atoms. The maximum atomic E-state index is 13.9. The average Bonchev–Trinajstić information content (AvgIpc) is 3.11. The zero-order valence-electron chi connectivity index (χ0n) is 13.3. The van der Waals surface area contributed by atoms with Gasteiger partial charge in [-0.3, -0.25) is 9.89 Å². The molecule has 3 rings (SSSR count). The Morgan fingerprint density at radius 2 is 1.81 bits per heavy atom. The van der Waals surface area contributed by atoms with Gasteiger partial charge in [-0.2, -0.15) is 5.10 Å². The van der Waals surface area contributed by atoms with Crippen molar-refractivity contribution in [2.75, 3.05) is 0 Å². The van der Waals surface area contributed by atoms with Gasteiger partial charge >= 0.3 is 5.97 Å². The number of phenols is 1. The molecule has 0 radical (unpaired) electrons. The van der Waals surface area contributed by atoms with Crippen LogP contribution in [0.4, 0.5) is 4.39 Å². The Hall–Kier alpha value is -3.68. The summed E-state index contributed by atoms with van der Waals surface area (Å²) in [6.45, 7) is 0. The van der Waals surface area contributed by atoms with Crippen molar-refractivity contribution in [1.82, 2.24) is 15.5 Å². The van der Waals surface area contributed by atoms with Crippen molar-refractivity contribution in [2.24, 2.45) is 0 Å². The summed E-state index contributed by atoms with van der Waals surface area (Å²) < 4.78 is 13.9. The minimum Gasteiger partial charge on any atom is -0.508 e. The first-order valence-electron chi connectivity index (χ1n) is 7.58. The van der Waals surface area contributed by atoms with Gasteiger partial charge in [0, 0.05) is 11.1 Å². The molecule has 1 amide bonds. The van der Waals surface area contributed by atoms with Crippen molar-refractivity contribution in [3.8, 4) is 17.0 Å². The molecule has 0 aliphatic heterocycles. The second-order valence-corrected chi connectivity index (χ2v) is 5.48. The monoisotopic (exact) mass is 355 g/mol. The Labute approximate surface area is 147 Å². The summed E-state index contributed by atoms with van der Waals surface area (Å²) in [5.74, 6) is -2.76. The molecule has 1 aromatic heterocycles. The third kappa shape index (κ3) is 3.54. The van der Waals surface area contributed by atoms with E-state index in [1.54, 1.807) is 12.1 Å². The van der Waals surface area contributed by atoms with E-state index in [4.69, 9.17) is 0 Å². The SMILES string of the molecule is O=C(N[C@@H](C(=O)O)c1ccccc1F)c1cc(-c2ccc(O)cc2)n[nH]1. The lowest BCUT2D eigenvalue weighted by atomic mass is 10.1. The second kappa shape index (κ2) is 7.06. The molecule has 132 valence electrons. The number of halogens is 1. The van der Waals surface area contributed by atoms with Crippen LogP contribution in [0.2, 0.25) is 0 Å². The van der Waals surface area contributed by atoms with E-state index < -0.39 is 23.7 Å². The number of aromatic hydroxyl groups is 1. The minimum absolute atomic E-state index is 0.0238. The highest BCUT2D eigenvalue weighted by Crippen LogP contribution is 2.21. The average molecular weight is 355 g/mol. The van der Waals surface area contributed by atoms with Crippen molar-refractivity contribution in [2.45, 2.75) is 6.04 Å². The number of nitrogens with zero attached hydrogens (tertiary/aromatic N) is 1. The number of nitrogens with one attached hydrogen (secondary N) is 2. The van der Waals surface area contributed by atoms with Crippen LogP contribution in [0.25, 0.3) is 11.3 Å². The summed E-state index contributed by atoms with van der Waals surface area (Å²) in [6.07, 6.45) is 0. The number of carboxylic acid groups (broad SMARTS) is 1. The van der Waals surface area contributed by atoms with Crippen LogP contribution in [0.1, 0.15) is 22.1 Å². The Kier molecular flexibility index (Phi) is 4.66. The summed E-state index contributed by atoms with van der Waals surface area (Å²) in [6, 6.07) is 11.4. The van der Waals surface area contributed by atoms with Crippen LogP contribution >= 0.6 is 0 Å². The van der Waals surface area contributed by atoms with E-state index in [0.29, 0.717) is 11.3 Å². The van der Waals surface area contributed by atoms with Crippen molar-refractivity contribution in [3.63, 3.8) is 0 Å². The highest BCUT2D eigenvalue weighted by atomic mass is 19.1. The summed E-state index contributed by atoms with van der Waals surface area (Å²) in [5.41, 5.74) is 0.970. The van der Waals surface area contributed by atoms with E-state index >= 15 is 0 Å². The molecular weight excluding hydrogens is 341 g/mol. The Balaban J connectivity index is 1.82. The molecule has 26 heavy (non-hydrogen) atoms. The quantitative estimate of drug-likeness (QED) is 0.561. The Morgan fingerprint density at radius 1 is 1.12 bits per heavy atom. The molecule has 0 aliphatic rings. The first-order chi connectivity index (χ1) is 12.5. The third-order valence-electron chi connectivity index (χ3n) is 3.72. The number of benzene rings is 2. The molecular formula is C18H14FN3O4. The molecule has 0 unspecified atom stereocenters. The maximum absolute atomic E-state index is 13.9. The number of hydrogen-bond acceptors (Lipinski definition) is 4. The molecule has 0 saturated carbocycles. The van der Waals surface area contributed by atoms with Crippen molar-refractivity contribution < 1.29 is 24.2 Å². The predicted molar refractivity (Wildman–Crippen MR) is 89.9 cm³/mol. The van der Waals surface area contributed by atoms with Gasteiger partial charge in [0.1, 0.15) is 17.3 Å². The van der Waals surface area contributed by atoms with Crippen LogP contribution in [0.3, 0.4) is 0 Å². The lowest BCUT2D eigenvalue weighted by Crippen LogP contribution is -2.34. The summed E-state index contributed by atoms with van der Waals surface area (Å²) >= 11 is 0. The molecule has 4 N–H and O–H groups in total. The summed E-state index contributed by atoms with van der Waals surface area (Å²) in [4.78, 5) is 23.8. The van der Waals surface area contributed by atoms with Crippen LogP contribution in [0, 0.1) is 5.82 Å². The largest absolute Gasteiger partial charge is 0.508 e. The fraction of sp³-hybridized carbons (Fsp3) is 0.0556. The second-order valence-electron chi connectivity index (χ2n) is 5.48. The van der Waals surface area contributed by atoms with Crippen LogP contribution in [0.5, 0.6) is 5.75 Å². The standard InChI is InChI=1S/C18H14FN3O4/c19-13-4-2-1-3-12(13)16(18(25)26)20-17(24)15-9-14(21-22-15)10-5-7-11(23)8-6-10/h1-9,16,23H,(H,20,24)(H,21,22)(H,25,26)/t16-/m1/s1. The molecule has 0 fully saturated rings. The first kappa shape index (κ1) is 17.2. The van der Waals surface area contributed by atoms with Crippen molar-refractivity contribution >= 4 is 11.9 Å². The minimum atomic E-state index is -1.54. The molecule has 0 spiro atoms. The number of aliphatic carboxylic acids is 1. The maximum Gasteiger partial charge on any atom is 0.331 e. The Bertz CT molecular complexity index is 953. The number of carboxylic acids is 1. The molecule has 3 aromatic rings. The topological polar surface area (TPSA) is 115 Å².